The van der Waals surface area contributed by atoms with Gasteiger partial charge in [0.1, 0.15) is 0 Å². The van der Waals surface area contributed by atoms with Crippen molar-refractivity contribution in [1.82, 2.24) is 9.97 Å². The van der Waals surface area contributed by atoms with Gasteiger partial charge >= 0.3 is 0 Å². The minimum atomic E-state index is 0.711. The SMILES string of the molecule is CSCCCCCNc1ncc(Br)cn1. The summed E-state index contributed by atoms with van der Waals surface area (Å²) in [6, 6.07) is 0. The molecule has 1 N–H and O–H groups in total. The van der Waals surface area contributed by atoms with Gasteiger partial charge in [0.05, 0.1) is 4.47 Å². The molecule has 0 aliphatic rings. The van der Waals surface area contributed by atoms with Gasteiger partial charge in [-0.1, -0.05) is 6.42 Å². The molecule has 0 spiro atoms. The van der Waals surface area contributed by atoms with Crippen molar-refractivity contribution in [2.24, 2.45) is 0 Å². The molecular formula is C10H16BrN3S. The number of anilines is 1. The molecule has 1 aromatic heterocycles. The largest absolute Gasteiger partial charge is 0.354 e. The average molecular weight is 290 g/mol. The van der Waals surface area contributed by atoms with Crippen molar-refractivity contribution >= 4 is 33.6 Å². The number of unbranched alkanes of at least 4 members (excludes halogenated alkanes) is 2. The van der Waals surface area contributed by atoms with Crippen molar-refractivity contribution < 1.29 is 0 Å². The lowest BCUT2D eigenvalue weighted by Crippen LogP contribution is -2.04. The van der Waals surface area contributed by atoms with Crippen LogP contribution in [0.5, 0.6) is 0 Å². The number of rotatable bonds is 7. The molecule has 0 radical (unpaired) electrons. The summed E-state index contributed by atoms with van der Waals surface area (Å²) in [7, 11) is 0. The van der Waals surface area contributed by atoms with Gasteiger partial charge in [0.15, 0.2) is 0 Å². The van der Waals surface area contributed by atoms with Gasteiger partial charge in [-0.25, -0.2) is 9.97 Å². The highest BCUT2D eigenvalue weighted by atomic mass is 79.9. The van der Waals surface area contributed by atoms with E-state index in [0.717, 1.165) is 11.0 Å². The lowest BCUT2D eigenvalue weighted by atomic mass is 10.2. The summed E-state index contributed by atoms with van der Waals surface area (Å²) in [5, 5.41) is 3.20. The fourth-order valence-corrected chi connectivity index (χ4v) is 1.85. The van der Waals surface area contributed by atoms with E-state index in [9.17, 15) is 0 Å². The molecule has 0 aliphatic heterocycles. The summed E-state index contributed by atoms with van der Waals surface area (Å²) in [5.74, 6) is 1.97. The van der Waals surface area contributed by atoms with Crippen LogP contribution in [0, 0.1) is 0 Å². The van der Waals surface area contributed by atoms with Crippen molar-refractivity contribution in [3.63, 3.8) is 0 Å². The number of halogens is 1. The van der Waals surface area contributed by atoms with Crippen LogP contribution in [0.4, 0.5) is 5.95 Å². The van der Waals surface area contributed by atoms with E-state index in [1.807, 2.05) is 11.8 Å². The second kappa shape index (κ2) is 7.93. The molecule has 0 unspecified atom stereocenters. The third-order valence-electron chi connectivity index (χ3n) is 1.93. The Bertz CT molecular complexity index is 266. The molecule has 0 aliphatic carbocycles. The molecule has 1 rings (SSSR count). The van der Waals surface area contributed by atoms with E-state index in [1.165, 1.54) is 25.0 Å². The predicted octanol–water partition coefficient (Wildman–Crippen LogP) is 3.18. The van der Waals surface area contributed by atoms with Crippen LogP contribution in [0.3, 0.4) is 0 Å². The van der Waals surface area contributed by atoms with Gasteiger partial charge in [-0.2, -0.15) is 11.8 Å². The Morgan fingerprint density at radius 3 is 2.67 bits per heavy atom. The predicted molar refractivity (Wildman–Crippen MR) is 70.5 cm³/mol. The summed E-state index contributed by atoms with van der Waals surface area (Å²) in [4.78, 5) is 8.28. The van der Waals surface area contributed by atoms with Gasteiger partial charge in [0, 0.05) is 18.9 Å². The Balaban J connectivity index is 2.07. The molecule has 0 saturated carbocycles. The van der Waals surface area contributed by atoms with Gasteiger partial charge in [0.25, 0.3) is 0 Å². The molecule has 15 heavy (non-hydrogen) atoms. The van der Waals surface area contributed by atoms with E-state index in [1.54, 1.807) is 12.4 Å². The highest BCUT2D eigenvalue weighted by Gasteiger charge is 1.94. The summed E-state index contributed by atoms with van der Waals surface area (Å²) in [6.07, 6.45) is 9.40. The van der Waals surface area contributed by atoms with Crippen LogP contribution in [0.25, 0.3) is 0 Å². The Morgan fingerprint density at radius 2 is 2.00 bits per heavy atom. The first-order chi connectivity index (χ1) is 7.33. The minimum Gasteiger partial charge on any atom is -0.354 e. The molecule has 0 atom stereocenters. The fourth-order valence-electron chi connectivity index (χ4n) is 1.15. The van der Waals surface area contributed by atoms with Crippen molar-refractivity contribution in [2.45, 2.75) is 19.3 Å². The maximum absolute atomic E-state index is 4.14. The third-order valence-corrected chi connectivity index (χ3v) is 3.04. The van der Waals surface area contributed by atoms with Crippen LogP contribution >= 0.6 is 27.7 Å². The molecule has 0 saturated heterocycles. The number of nitrogens with one attached hydrogen (secondary N) is 1. The monoisotopic (exact) mass is 289 g/mol. The summed E-state index contributed by atoms with van der Waals surface area (Å²) < 4.78 is 0.910. The first-order valence-electron chi connectivity index (χ1n) is 5.03. The van der Waals surface area contributed by atoms with Crippen LogP contribution in [-0.4, -0.2) is 28.5 Å². The molecule has 1 heterocycles. The molecule has 0 bridgehead atoms. The van der Waals surface area contributed by atoms with E-state index in [4.69, 9.17) is 0 Å². The lowest BCUT2D eigenvalue weighted by Gasteiger charge is -2.03. The summed E-state index contributed by atoms with van der Waals surface area (Å²) >= 11 is 5.21. The maximum atomic E-state index is 4.14. The second-order valence-electron chi connectivity index (χ2n) is 3.21. The molecule has 5 heteroatoms. The van der Waals surface area contributed by atoms with Crippen molar-refractivity contribution in [1.29, 1.82) is 0 Å². The standard InChI is InChI=1S/C10H16BrN3S/c1-15-6-4-2-3-5-12-10-13-7-9(11)8-14-10/h7-8H,2-6H2,1H3,(H,12,13,14). The van der Waals surface area contributed by atoms with E-state index in [2.05, 4.69) is 37.5 Å². The summed E-state index contributed by atoms with van der Waals surface area (Å²) in [6.45, 7) is 0.954. The van der Waals surface area contributed by atoms with Crippen molar-refractivity contribution in [3.05, 3.63) is 16.9 Å². The van der Waals surface area contributed by atoms with Gasteiger partial charge in [-0.3, -0.25) is 0 Å². The molecule has 0 fully saturated rings. The zero-order valence-electron chi connectivity index (χ0n) is 8.87. The minimum absolute atomic E-state index is 0.711. The van der Waals surface area contributed by atoms with E-state index < -0.39 is 0 Å². The smallest absolute Gasteiger partial charge is 0.222 e. The Labute approximate surface area is 104 Å². The zero-order chi connectivity index (χ0) is 10.9. The molecular weight excluding hydrogens is 274 g/mol. The number of hydrogen-bond acceptors (Lipinski definition) is 4. The first-order valence-corrected chi connectivity index (χ1v) is 7.22. The molecule has 0 aromatic carbocycles. The highest BCUT2D eigenvalue weighted by molar-refractivity contribution is 9.10. The van der Waals surface area contributed by atoms with Gasteiger partial charge in [-0.15, -0.1) is 0 Å². The number of thioether (sulfide) groups is 1. The summed E-state index contributed by atoms with van der Waals surface area (Å²) in [5.41, 5.74) is 0. The average Bonchev–Trinajstić information content (AvgIpc) is 2.26. The van der Waals surface area contributed by atoms with E-state index in [-0.39, 0.29) is 0 Å². The Kier molecular flexibility index (Phi) is 6.76. The Hall–Kier alpha value is -0.290. The number of nitrogens with zero attached hydrogens (tertiary/aromatic N) is 2. The maximum Gasteiger partial charge on any atom is 0.222 e. The van der Waals surface area contributed by atoms with E-state index in [0.29, 0.717) is 5.95 Å². The molecule has 84 valence electrons. The highest BCUT2D eigenvalue weighted by Crippen LogP contribution is 2.07. The van der Waals surface area contributed by atoms with E-state index >= 15 is 0 Å². The molecule has 3 nitrogen and oxygen atoms in total. The normalized spacial score (nSPS) is 10.3. The fraction of sp³-hybridized carbons (Fsp3) is 0.600. The van der Waals surface area contributed by atoms with Crippen molar-refractivity contribution in [2.75, 3.05) is 23.9 Å². The van der Waals surface area contributed by atoms with Crippen LogP contribution in [-0.2, 0) is 0 Å². The van der Waals surface area contributed by atoms with Crippen LogP contribution in [0.1, 0.15) is 19.3 Å². The number of hydrogen-bond donors (Lipinski definition) is 1. The quantitative estimate of drug-likeness (QED) is 0.783. The third kappa shape index (κ3) is 5.99. The zero-order valence-corrected chi connectivity index (χ0v) is 11.3. The van der Waals surface area contributed by atoms with Gasteiger partial charge in [-0.05, 0) is 40.8 Å². The Morgan fingerprint density at radius 1 is 1.27 bits per heavy atom. The van der Waals surface area contributed by atoms with Crippen LogP contribution < -0.4 is 5.32 Å². The van der Waals surface area contributed by atoms with Crippen molar-refractivity contribution in [3.8, 4) is 0 Å². The molecule has 0 amide bonds. The topological polar surface area (TPSA) is 37.8 Å². The van der Waals surface area contributed by atoms with Gasteiger partial charge in [0.2, 0.25) is 5.95 Å². The molecule has 1 aromatic rings. The second-order valence-corrected chi connectivity index (χ2v) is 5.11. The first kappa shape index (κ1) is 12.8. The van der Waals surface area contributed by atoms with Crippen LogP contribution in [0.2, 0.25) is 0 Å². The lowest BCUT2D eigenvalue weighted by molar-refractivity contribution is 0.746. The van der Waals surface area contributed by atoms with Crippen LogP contribution in [0.15, 0.2) is 16.9 Å². The number of aromatic nitrogens is 2. The van der Waals surface area contributed by atoms with Gasteiger partial charge < -0.3 is 5.32 Å².